The highest BCUT2D eigenvalue weighted by Gasteiger charge is 2.25. The molecular formula is C25H29N3O4S. The number of nitrogens with one attached hydrogen (secondary N) is 1. The molecule has 7 nitrogen and oxygen atoms in total. The lowest BCUT2D eigenvalue weighted by molar-refractivity contribution is 0.0947. The Labute approximate surface area is 195 Å². The van der Waals surface area contributed by atoms with Gasteiger partial charge in [-0.2, -0.15) is 4.31 Å². The molecule has 8 heteroatoms. The standard InChI is InChI=1S/C25H29N3O4S/c1-27-14-16-28(17-15-27)33(30,31)19-20-9-11-22(12-10-20)25(29)26-13-18-32-24-8-4-6-21-5-2-3-7-23(21)24/h2-12H,13-19H2,1H3,(H,26,29). The van der Waals surface area contributed by atoms with E-state index < -0.39 is 10.0 Å². The van der Waals surface area contributed by atoms with Crippen molar-refractivity contribution in [3.8, 4) is 5.75 Å². The molecule has 0 aromatic heterocycles. The van der Waals surface area contributed by atoms with Crippen LogP contribution in [0.5, 0.6) is 5.75 Å². The van der Waals surface area contributed by atoms with Crippen LogP contribution in [0.4, 0.5) is 0 Å². The molecule has 1 fully saturated rings. The van der Waals surface area contributed by atoms with Gasteiger partial charge in [-0.25, -0.2) is 8.42 Å². The fourth-order valence-electron chi connectivity index (χ4n) is 3.87. The van der Waals surface area contributed by atoms with E-state index in [-0.39, 0.29) is 11.7 Å². The maximum Gasteiger partial charge on any atom is 0.251 e. The Balaban J connectivity index is 1.27. The van der Waals surface area contributed by atoms with Crippen LogP contribution >= 0.6 is 0 Å². The number of amides is 1. The highest BCUT2D eigenvalue weighted by molar-refractivity contribution is 7.88. The lowest BCUT2D eigenvalue weighted by Crippen LogP contribution is -2.47. The van der Waals surface area contributed by atoms with Crippen LogP contribution in [-0.2, 0) is 15.8 Å². The quantitative estimate of drug-likeness (QED) is 0.516. The van der Waals surface area contributed by atoms with Gasteiger partial charge in [-0.05, 0) is 36.2 Å². The number of nitrogens with zero attached hydrogens (tertiary/aromatic N) is 2. The molecule has 0 radical (unpaired) electrons. The summed E-state index contributed by atoms with van der Waals surface area (Å²) in [5.74, 6) is 0.510. The van der Waals surface area contributed by atoms with E-state index in [1.807, 2.05) is 49.5 Å². The maximum absolute atomic E-state index is 12.7. The van der Waals surface area contributed by atoms with Crippen molar-refractivity contribution in [1.82, 2.24) is 14.5 Å². The summed E-state index contributed by atoms with van der Waals surface area (Å²) in [5.41, 5.74) is 1.16. The van der Waals surface area contributed by atoms with Gasteiger partial charge in [0.15, 0.2) is 0 Å². The van der Waals surface area contributed by atoms with E-state index in [2.05, 4.69) is 10.2 Å². The number of piperazine rings is 1. The number of rotatable bonds is 8. The molecule has 1 amide bonds. The Bertz CT molecular complexity index is 1200. The highest BCUT2D eigenvalue weighted by atomic mass is 32.2. The van der Waals surface area contributed by atoms with Crippen LogP contribution in [-0.4, -0.2) is 69.9 Å². The summed E-state index contributed by atoms with van der Waals surface area (Å²) in [4.78, 5) is 14.6. The van der Waals surface area contributed by atoms with Crippen LogP contribution in [0.2, 0.25) is 0 Å². The molecule has 0 bridgehead atoms. The highest BCUT2D eigenvalue weighted by Crippen LogP contribution is 2.24. The van der Waals surface area contributed by atoms with E-state index in [4.69, 9.17) is 4.74 Å². The van der Waals surface area contributed by atoms with E-state index in [9.17, 15) is 13.2 Å². The van der Waals surface area contributed by atoms with E-state index in [0.29, 0.717) is 37.4 Å². The second kappa shape index (κ2) is 10.3. The lowest BCUT2D eigenvalue weighted by Gasteiger charge is -2.31. The first kappa shape index (κ1) is 23.2. The first-order chi connectivity index (χ1) is 15.9. The zero-order valence-corrected chi connectivity index (χ0v) is 19.6. The van der Waals surface area contributed by atoms with Gasteiger partial charge in [0.05, 0.1) is 12.3 Å². The Hall–Kier alpha value is -2.94. The van der Waals surface area contributed by atoms with Crippen LogP contribution in [0.1, 0.15) is 15.9 Å². The molecule has 0 unspecified atom stereocenters. The molecule has 3 aromatic rings. The number of sulfonamides is 1. The summed E-state index contributed by atoms with van der Waals surface area (Å²) >= 11 is 0. The van der Waals surface area contributed by atoms with Gasteiger partial charge in [0.1, 0.15) is 12.4 Å². The third-order valence-electron chi connectivity index (χ3n) is 5.82. The van der Waals surface area contributed by atoms with E-state index in [1.165, 1.54) is 0 Å². The van der Waals surface area contributed by atoms with Crippen molar-refractivity contribution < 1.29 is 17.9 Å². The minimum Gasteiger partial charge on any atom is -0.491 e. The van der Waals surface area contributed by atoms with Crippen LogP contribution < -0.4 is 10.1 Å². The number of hydrogen-bond acceptors (Lipinski definition) is 5. The number of carbonyl (C=O) groups is 1. The Morgan fingerprint density at radius 1 is 0.939 bits per heavy atom. The SMILES string of the molecule is CN1CCN(S(=O)(=O)Cc2ccc(C(=O)NCCOc3cccc4ccccc34)cc2)CC1. The minimum absolute atomic E-state index is 0.0581. The van der Waals surface area contributed by atoms with Crippen LogP contribution in [0.3, 0.4) is 0 Å². The number of carbonyl (C=O) groups excluding carboxylic acids is 1. The van der Waals surface area contributed by atoms with E-state index >= 15 is 0 Å². The van der Waals surface area contributed by atoms with Crippen molar-refractivity contribution >= 4 is 26.7 Å². The van der Waals surface area contributed by atoms with Crippen molar-refractivity contribution in [3.63, 3.8) is 0 Å². The van der Waals surface area contributed by atoms with Crippen molar-refractivity contribution in [2.24, 2.45) is 0 Å². The molecule has 1 aliphatic heterocycles. The summed E-state index contributed by atoms with van der Waals surface area (Å²) in [6.07, 6.45) is 0. The normalized spacial score (nSPS) is 15.4. The molecule has 174 valence electrons. The molecule has 0 spiro atoms. The van der Waals surface area contributed by atoms with Crippen LogP contribution in [0, 0.1) is 0 Å². The molecule has 33 heavy (non-hydrogen) atoms. The minimum atomic E-state index is -3.36. The molecule has 1 aliphatic rings. The summed E-state index contributed by atoms with van der Waals surface area (Å²) in [7, 11) is -1.37. The van der Waals surface area contributed by atoms with Crippen LogP contribution in [0.25, 0.3) is 10.8 Å². The number of ether oxygens (including phenoxy) is 1. The maximum atomic E-state index is 12.7. The van der Waals surface area contributed by atoms with Crippen molar-refractivity contribution in [3.05, 3.63) is 77.9 Å². The molecular weight excluding hydrogens is 438 g/mol. The fraction of sp³-hybridized carbons (Fsp3) is 0.320. The van der Waals surface area contributed by atoms with Gasteiger partial charge in [-0.15, -0.1) is 0 Å². The van der Waals surface area contributed by atoms with Gasteiger partial charge >= 0.3 is 0 Å². The number of hydrogen-bond donors (Lipinski definition) is 1. The predicted octanol–water partition coefficient (Wildman–Crippen LogP) is 2.73. The molecule has 1 saturated heterocycles. The Kier molecular flexibility index (Phi) is 7.27. The van der Waals surface area contributed by atoms with Gasteiger partial charge in [-0.3, -0.25) is 4.79 Å². The van der Waals surface area contributed by atoms with Gasteiger partial charge in [0.25, 0.3) is 5.91 Å². The average Bonchev–Trinajstić information content (AvgIpc) is 2.82. The monoisotopic (exact) mass is 467 g/mol. The summed E-state index contributed by atoms with van der Waals surface area (Å²) < 4.78 is 32.7. The topological polar surface area (TPSA) is 79.0 Å². The average molecular weight is 468 g/mol. The number of likely N-dealkylation sites (N-methyl/N-ethyl adjacent to an activating group) is 1. The fourth-order valence-corrected chi connectivity index (χ4v) is 5.39. The molecule has 0 saturated carbocycles. The molecule has 0 atom stereocenters. The van der Waals surface area contributed by atoms with Crippen LogP contribution in [0.15, 0.2) is 66.7 Å². The van der Waals surface area contributed by atoms with Crippen molar-refractivity contribution in [1.29, 1.82) is 0 Å². The van der Waals surface area contributed by atoms with E-state index in [0.717, 1.165) is 29.6 Å². The lowest BCUT2D eigenvalue weighted by atomic mass is 10.1. The largest absolute Gasteiger partial charge is 0.491 e. The van der Waals surface area contributed by atoms with Gasteiger partial charge < -0.3 is 15.0 Å². The Morgan fingerprint density at radius 2 is 1.64 bits per heavy atom. The summed E-state index contributed by atoms with van der Waals surface area (Å²) in [5, 5.41) is 4.99. The number of benzene rings is 3. The second-order valence-corrected chi connectivity index (χ2v) is 10.2. The molecule has 1 N–H and O–H groups in total. The zero-order chi connectivity index (χ0) is 23.3. The van der Waals surface area contributed by atoms with Gasteiger partial charge in [0, 0.05) is 37.1 Å². The molecule has 4 rings (SSSR count). The Morgan fingerprint density at radius 3 is 2.39 bits per heavy atom. The smallest absolute Gasteiger partial charge is 0.251 e. The summed E-state index contributed by atoms with van der Waals surface area (Å²) in [6.45, 7) is 3.22. The predicted molar refractivity (Wildman–Crippen MR) is 130 cm³/mol. The third kappa shape index (κ3) is 5.90. The van der Waals surface area contributed by atoms with Crippen molar-refractivity contribution in [2.75, 3.05) is 46.4 Å². The van der Waals surface area contributed by atoms with Gasteiger partial charge in [-0.1, -0.05) is 48.5 Å². The van der Waals surface area contributed by atoms with Crippen molar-refractivity contribution in [2.45, 2.75) is 5.75 Å². The third-order valence-corrected chi connectivity index (χ3v) is 7.67. The molecule has 1 heterocycles. The number of fused-ring (bicyclic) bond motifs is 1. The zero-order valence-electron chi connectivity index (χ0n) is 18.7. The molecule has 0 aliphatic carbocycles. The van der Waals surface area contributed by atoms with E-state index in [1.54, 1.807) is 28.6 Å². The first-order valence-corrected chi connectivity index (χ1v) is 12.7. The summed E-state index contributed by atoms with van der Waals surface area (Å²) in [6, 6.07) is 20.6. The first-order valence-electron chi connectivity index (χ1n) is 11.1. The second-order valence-electron chi connectivity index (χ2n) is 8.24. The molecule has 3 aromatic carbocycles. The van der Waals surface area contributed by atoms with Gasteiger partial charge in [0.2, 0.25) is 10.0 Å².